The summed E-state index contributed by atoms with van der Waals surface area (Å²) < 4.78 is 11.5. The number of carbonyl (C=O) groups excluding carboxylic acids is 1. The van der Waals surface area contributed by atoms with Gasteiger partial charge < -0.3 is 20.1 Å². The number of carbonyl (C=O) groups is 1. The SMILES string of the molecule is CC(C)(C)OC(=O)N1CCC(OC2CCC(N)CC2)C1. The van der Waals surface area contributed by atoms with Gasteiger partial charge in [-0.15, -0.1) is 0 Å². The molecule has 1 heterocycles. The van der Waals surface area contributed by atoms with E-state index >= 15 is 0 Å². The minimum atomic E-state index is -0.435. The molecule has 1 aliphatic heterocycles. The van der Waals surface area contributed by atoms with Crippen LogP contribution in [0.2, 0.25) is 0 Å². The van der Waals surface area contributed by atoms with Crippen molar-refractivity contribution in [1.82, 2.24) is 4.90 Å². The molecule has 1 saturated carbocycles. The van der Waals surface area contributed by atoms with Crippen LogP contribution >= 0.6 is 0 Å². The predicted molar refractivity (Wildman–Crippen MR) is 77.5 cm³/mol. The van der Waals surface area contributed by atoms with Gasteiger partial charge in [-0.2, -0.15) is 0 Å². The Bertz CT molecular complexity index is 333. The number of ether oxygens (including phenoxy) is 2. The van der Waals surface area contributed by atoms with Gasteiger partial charge in [0.25, 0.3) is 0 Å². The fourth-order valence-corrected chi connectivity index (χ4v) is 2.83. The number of amides is 1. The molecular formula is C15H28N2O3. The zero-order chi connectivity index (χ0) is 14.8. The van der Waals surface area contributed by atoms with Crippen LogP contribution in [-0.4, -0.2) is 47.9 Å². The lowest BCUT2D eigenvalue weighted by Gasteiger charge is -2.29. The van der Waals surface area contributed by atoms with Crippen LogP contribution in [0.25, 0.3) is 0 Å². The molecule has 1 unspecified atom stereocenters. The molecule has 1 saturated heterocycles. The zero-order valence-electron chi connectivity index (χ0n) is 12.9. The Balaban J connectivity index is 1.73. The summed E-state index contributed by atoms with van der Waals surface area (Å²) in [6.45, 7) is 7.05. The maximum atomic E-state index is 12.0. The van der Waals surface area contributed by atoms with Crippen LogP contribution in [0.15, 0.2) is 0 Å². The van der Waals surface area contributed by atoms with E-state index in [1.54, 1.807) is 4.90 Å². The summed E-state index contributed by atoms with van der Waals surface area (Å²) in [5.41, 5.74) is 5.47. The van der Waals surface area contributed by atoms with Crippen molar-refractivity contribution in [2.45, 2.75) is 76.7 Å². The van der Waals surface area contributed by atoms with E-state index in [-0.39, 0.29) is 12.2 Å². The lowest BCUT2D eigenvalue weighted by atomic mass is 9.93. The molecule has 0 spiro atoms. The van der Waals surface area contributed by atoms with Crippen molar-refractivity contribution in [3.05, 3.63) is 0 Å². The molecule has 0 aromatic heterocycles. The number of nitrogens with zero attached hydrogens (tertiary/aromatic N) is 1. The lowest BCUT2D eigenvalue weighted by molar-refractivity contribution is -0.0285. The normalized spacial score (nSPS) is 31.4. The van der Waals surface area contributed by atoms with Crippen molar-refractivity contribution in [2.24, 2.45) is 5.73 Å². The first-order valence-corrected chi connectivity index (χ1v) is 7.72. The highest BCUT2D eigenvalue weighted by molar-refractivity contribution is 5.68. The average molecular weight is 284 g/mol. The van der Waals surface area contributed by atoms with E-state index in [0.29, 0.717) is 18.7 Å². The Hall–Kier alpha value is -0.810. The third-order valence-electron chi connectivity index (χ3n) is 3.90. The number of hydrogen-bond donors (Lipinski definition) is 1. The van der Waals surface area contributed by atoms with Crippen molar-refractivity contribution < 1.29 is 14.3 Å². The van der Waals surface area contributed by atoms with Crippen LogP contribution in [0.4, 0.5) is 4.79 Å². The Kier molecular flexibility index (Phi) is 4.91. The summed E-state index contributed by atoms with van der Waals surface area (Å²) in [6, 6.07) is 0.344. The maximum absolute atomic E-state index is 12.0. The molecule has 1 amide bonds. The van der Waals surface area contributed by atoms with Crippen LogP contribution in [0.3, 0.4) is 0 Å². The highest BCUT2D eigenvalue weighted by Crippen LogP contribution is 2.24. The molecule has 116 valence electrons. The lowest BCUT2D eigenvalue weighted by Crippen LogP contribution is -2.37. The van der Waals surface area contributed by atoms with Gasteiger partial charge in [0.05, 0.1) is 18.8 Å². The number of hydrogen-bond acceptors (Lipinski definition) is 4. The standard InChI is InChI=1S/C15H28N2O3/c1-15(2,3)20-14(18)17-9-8-13(10-17)19-12-6-4-11(16)5-7-12/h11-13H,4-10,16H2,1-3H3. The Labute approximate surface area is 121 Å². The average Bonchev–Trinajstić information content (AvgIpc) is 2.79. The fraction of sp³-hybridized carbons (Fsp3) is 0.933. The molecule has 0 bridgehead atoms. The molecule has 2 N–H and O–H groups in total. The summed E-state index contributed by atoms with van der Waals surface area (Å²) in [4.78, 5) is 13.7. The monoisotopic (exact) mass is 284 g/mol. The van der Waals surface area contributed by atoms with E-state index in [1.165, 1.54) is 0 Å². The summed E-state index contributed by atoms with van der Waals surface area (Å²) in [5, 5.41) is 0. The molecule has 1 aliphatic carbocycles. The van der Waals surface area contributed by atoms with Crippen LogP contribution in [0.5, 0.6) is 0 Å². The van der Waals surface area contributed by atoms with E-state index in [4.69, 9.17) is 15.2 Å². The second kappa shape index (κ2) is 6.31. The fourth-order valence-electron chi connectivity index (χ4n) is 2.83. The smallest absolute Gasteiger partial charge is 0.410 e. The van der Waals surface area contributed by atoms with Crippen molar-refractivity contribution in [3.8, 4) is 0 Å². The largest absolute Gasteiger partial charge is 0.444 e. The summed E-state index contributed by atoms with van der Waals surface area (Å²) >= 11 is 0. The van der Waals surface area contributed by atoms with Crippen LogP contribution in [0, 0.1) is 0 Å². The molecule has 0 radical (unpaired) electrons. The predicted octanol–water partition coefficient (Wildman–Crippen LogP) is 2.28. The minimum Gasteiger partial charge on any atom is -0.444 e. The van der Waals surface area contributed by atoms with E-state index in [9.17, 15) is 4.79 Å². The first kappa shape index (κ1) is 15.6. The van der Waals surface area contributed by atoms with Gasteiger partial charge in [-0.05, 0) is 52.9 Å². The molecule has 2 aliphatic rings. The number of likely N-dealkylation sites (tertiary alicyclic amines) is 1. The van der Waals surface area contributed by atoms with Gasteiger partial charge in [-0.3, -0.25) is 0 Å². The van der Waals surface area contributed by atoms with Gasteiger partial charge in [0.15, 0.2) is 0 Å². The van der Waals surface area contributed by atoms with Crippen molar-refractivity contribution in [3.63, 3.8) is 0 Å². The van der Waals surface area contributed by atoms with E-state index < -0.39 is 5.60 Å². The molecule has 5 nitrogen and oxygen atoms in total. The van der Waals surface area contributed by atoms with Gasteiger partial charge >= 0.3 is 6.09 Å². The van der Waals surface area contributed by atoms with Gasteiger partial charge in [-0.1, -0.05) is 0 Å². The molecule has 1 atom stereocenters. The maximum Gasteiger partial charge on any atom is 0.410 e. The molecule has 20 heavy (non-hydrogen) atoms. The van der Waals surface area contributed by atoms with E-state index in [2.05, 4.69) is 0 Å². The molecule has 2 rings (SSSR count). The summed E-state index contributed by atoms with van der Waals surface area (Å²) in [6.07, 6.45) is 5.34. The van der Waals surface area contributed by atoms with Crippen LogP contribution < -0.4 is 5.73 Å². The Morgan fingerprint density at radius 1 is 1.10 bits per heavy atom. The van der Waals surface area contributed by atoms with Gasteiger partial charge in [0.2, 0.25) is 0 Å². The topological polar surface area (TPSA) is 64.8 Å². The van der Waals surface area contributed by atoms with E-state index in [0.717, 1.165) is 38.6 Å². The van der Waals surface area contributed by atoms with Gasteiger partial charge in [-0.25, -0.2) is 4.79 Å². The third kappa shape index (κ3) is 4.63. The van der Waals surface area contributed by atoms with E-state index in [1.807, 2.05) is 20.8 Å². The number of nitrogens with two attached hydrogens (primary N) is 1. The Morgan fingerprint density at radius 3 is 2.35 bits per heavy atom. The first-order valence-electron chi connectivity index (χ1n) is 7.72. The van der Waals surface area contributed by atoms with Crippen molar-refractivity contribution in [1.29, 1.82) is 0 Å². The van der Waals surface area contributed by atoms with Crippen LogP contribution in [-0.2, 0) is 9.47 Å². The Morgan fingerprint density at radius 2 is 1.75 bits per heavy atom. The highest BCUT2D eigenvalue weighted by atomic mass is 16.6. The second-order valence-electron chi connectivity index (χ2n) is 7.01. The van der Waals surface area contributed by atoms with Gasteiger partial charge in [0.1, 0.15) is 5.60 Å². The molecule has 0 aromatic rings. The van der Waals surface area contributed by atoms with Gasteiger partial charge in [0, 0.05) is 12.6 Å². The first-order chi connectivity index (χ1) is 9.33. The molecule has 0 aromatic carbocycles. The highest BCUT2D eigenvalue weighted by Gasteiger charge is 2.32. The molecular weight excluding hydrogens is 256 g/mol. The van der Waals surface area contributed by atoms with Crippen molar-refractivity contribution >= 4 is 6.09 Å². The summed E-state index contributed by atoms with van der Waals surface area (Å²) in [5.74, 6) is 0. The number of rotatable bonds is 2. The molecule has 2 fully saturated rings. The summed E-state index contributed by atoms with van der Waals surface area (Å²) in [7, 11) is 0. The van der Waals surface area contributed by atoms with Crippen LogP contribution in [0.1, 0.15) is 52.9 Å². The third-order valence-corrected chi connectivity index (χ3v) is 3.90. The molecule has 5 heteroatoms. The van der Waals surface area contributed by atoms with Crippen molar-refractivity contribution in [2.75, 3.05) is 13.1 Å². The minimum absolute atomic E-state index is 0.154. The zero-order valence-corrected chi connectivity index (χ0v) is 12.9. The quantitative estimate of drug-likeness (QED) is 0.845. The second-order valence-corrected chi connectivity index (χ2v) is 7.01.